The van der Waals surface area contributed by atoms with E-state index in [0.29, 0.717) is 12.4 Å². The van der Waals surface area contributed by atoms with E-state index in [1.165, 1.54) is 51.6 Å². The van der Waals surface area contributed by atoms with E-state index in [1.807, 2.05) is 11.6 Å². The lowest BCUT2D eigenvalue weighted by molar-refractivity contribution is 0.252. The Bertz CT molecular complexity index is 722. The molecule has 2 N–H and O–H groups in total. The molecule has 0 saturated carbocycles. The molecule has 3 heterocycles. The quantitative estimate of drug-likeness (QED) is 0.695. The summed E-state index contributed by atoms with van der Waals surface area (Å²) in [5.74, 6) is 0.504. The summed E-state index contributed by atoms with van der Waals surface area (Å²) in [5, 5.41) is 10.8. The number of rotatable bonds is 8. The highest BCUT2D eigenvalue weighted by atomic mass is 16.2. The lowest BCUT2D eigenvalue weighted by Crippen LogP contribution is -2.29. The van der Waals surface area contributed by atoms with Crippen molar-refractivity contribution in [2.75, 3.05) is 31.5 Å². The number of amides is 2. The molecule has 2 amide bonds. The molecule has 2 aromatic heterocycles. The first-order chi connectivity index (χ1) is 13.3. The summed E-state index contributed by atoms with van der Waals surface area (Å²) in [5.41, 5.74) is 0.769. The fourth-order valence-electron chi connectivity index (χ4n) is 3.50. The van der Waals surface area contributed by atoms with E-state index >= 15 is 0 Å². The van der Waals surface area contributed by atoms with Gasteiger partial charge in [-0.25, -0.2) is 19.4 Å². The molecule has 0 radical (unpaired) electrons. The van der Waals surface area contributed by atoms with Crippen molar-refractivity contribution in [3.05, 3.63) is 12.5 Å². The van der Waals surface area contributed by atoms with Crippen LogP contribution >= 0.6 is 0 Å². The molecule has 8 heteroatoms. The summed E-state index contributed by atoms with van der Waals surface area (Å²) in [6.45, 7) is 7.13. The molecule has 0 bridgehead atoms. The van der Waals surface area contributed by atoms with Crippen LogP contribution < -0.4 is 10.6 Å². The normalized spacial score (nSPS) is 15.6. The van der Waals surface area contributed by atoms with E-state index < -0.39 is 0 Å². The molecule has 1 saturated heterocycles. The van der Waals surface area contributed by atoms with Crippen LogP contribution in [0.15, 0.2) is 12.5 Å². The van der Waals surface area contributed by atoms with Crippen LogP contribution in [-0.4, -0.2) is 56.9 Å². The Labute approximate surface area is 160 Å². The molecule has 1 fully saturated rings. The van der Waals surface area contributed by atoms with Crippen LogP contribution in [0.3, 0.4) is 0 Å². The van der Waals surface area contributed by atoms with Crippen molar-refractivity contribution >= 4 is 22.9 Å². The van der Waals surface area contributed by atoms with Gasteiger partial charge in [0, 0.05) is 13.1 Å². The molecule has 2 aromatic rings. The van der Waals surface area contributed by atoms with Gasteiger partial charge in [0.2, 0.25) is 0 Å². The molecular weight excluding hydrogens is 342 g/mol. The van der Waals surface area contributed by atoms with E-state index in [0.717, 1.165) is 36.8 Å². The van der Waals surface area contributed by atoms with Crippen LogP contribution in [0.1, 0.15) is 51.9 Å². The van der Waals surface area contributed by atoms with Crippen LogP contribution in [0.5, 0.6) is 0 Å². The number of urea groups is 1. The molecule has 1 aliphatic heterocycles. The largest absolute Gasteiger partial charge is 0.338 e. The van der Waals surface area contributed by atoms with Crippen molar-refractivity contribution in [3.8, 4) is 0 Å². The zero-order valence-electron chi connectivity index (χ0n) is 16.3. The van der Waals surface area contributed by atoms with Gasteiger partial charge >= 0.3 is 6.03 Å². The van der Waals surface area contributed by atoms with Crippen molar-refractivity contribution < 1.29 is 4.79 Å². The summed E-state index contributed by atoms with van der Waals surface area (Å²) < 4.78 is 1.91. The van der Waals surface area contributed by atoms with Crippen LogP contribution in [0.2, 0.25) is 0 Å². The number of nitrogens with one attached hydrogen (secondary N) is 2. The maximum absolute atomic E-state index is 11.9. The van der Waals surface area contributed by atoms with Gasteiger partial charge in [0.05, 0.1) is 11.6 Å². The van der Waals surface area contributed by atoms with E-state index in [9.17, 15) is 4.79 Å². The Kier molecular flexibility index (Phi) is 7.38. The van der Waals surface area contributed by atoms with Gasteiger partial charge in [-0.15, -0.1) is 0 Å². The Morgan fingerprint density at radius 3 is 2.67 bits per heavy atom. The molecule has 0 aromatic carbocycles. The molecule has 0 unspecified atom stereocenters. The molecule has 0 aliphatic carbocycles. The first kappa shape index (κ1) is 19.5. The lowest BCUT2D eigenvalue weighted by Gasteiger charge is -2.19. The average Bonchev–Trinajstić information content (AvgIpc) is 2.91. The van der Waals surface area contributed by atoms with Gasteiger partial charge in [-0.3, -0.25) is 5.32 Å². The Morgan fingerprint density at radius 2 is 1.89 bits per heavy atom. The van der Waals surface area contributed by atoms with Crippen molar-refractivity contribution in [2.45, 2.75) is 58.4 Å². The summed E-state index contributed by atoms with van der Waals surface area (Å²) in [4.78, 5) is 23.0. The Hall–Kier alpha value is -2.22. The number of aryl methyl sites for hydroxylation is 1. The number of likely N-dealkylation sites (tertiary alicyclic amines) is 1. The van der Waals surface area contributed by atoms with Crippen LogP contribution in [0, 0.1) is 0 Å². The molecule has 0 atom stereocenters. The second kappa shape index (κ2) is 10.2. The van der Waals surface area contributed by atoms with Gasteiger partial charge in [-0.2, -0.15) is 5.10 Å². The average molecular weight is 374 g/mol. The third-order valence-corrected chi connectivity index (χ3v) is 4.99. The first-order valence-electron chi connectivity index (χ1n) is 10.2. The monoisotopic (exact) mass is 373 g/mol. The minimum absolute atomic E-state index is 0.248. The first-order valence-corrected chi connectivity index (χ1v) is 10.2. The van der Waals surface area contributed by atoms with Gasteiger partial charge in [-0.05, 0) is 51.7 Å². The Balaban J connectivity index is 1.53. The molecule has 1 aliphatic rings. The highest BCUT2D eigenvalue weighted by molar-refractivity contribution is 5.97. The predicted molar refractivity (Wildman–Crippen MR) is 107 cm³/mol. The molecule has 0 spiro atoms. The van der Waals surface area contributed by atoms with Gasteiger partial charge in [0.1, 0.15) is 12.1 Å². The number of unbranched alkanes of at least 4 members (excludes halogenated alkanes) is 1. The van der Waals surface area contributed by atoms with Gasteiger partial charge in [0.15, 0.2) is 5.65 Å². The standard InChI is InChI=1S/C19H31N7O/c1-2-9-20-19(27)24-17-16-14-23-26(18(16)22-15-21-17)13-8-7-12-25-10-5-3-4-6-11-25/h14-15H,2-13H2,1H3,(H2,20,21,22,24,27). The summed E-state index contributed by atoms with van der Waals surface area (Å²) in [6.07, 6.45) is 11.8. The zero-order valence-corrected chi connectivity index (χ0v) is 16.3. The molecule has 8 nitrogen and oxygen atoms in total. The summed E-state index contributed by atoms with van der Waals surface area (Å²) in [6, 6.07) is -0.248. The predicted octanol–water partition coefficient (Wildman–Crippen LogP) is 3.01. The molecular formula is C19H31N7O. The fraction of sp³-hybridized carbons (Fsp3) is 0.684. The van der Waals surface area contributed by atoms with Gasteiger partial charge < -0.3 is 10.2 Å². The number of nitrogens with zero attached hydrogens (tertiary/aromatic N) is 5. The number of aromatic nitrogens is 4. The maximum atomic E-state index is 11.9. The van der Waals surface area contributed by atoms with Gasteiger partial charge in [0.25, 0.3) is 0 Å². The SMILES string of the molecule is CCCNC(=O)Nc1ncnc2c1cnn2CCCCN1CCCCCC1. The molecule has 3 rings (SSSR count). The van der Waals surface area contributed by atoms with E-state index in [1.54, 1.807) is 6.20 Å². The number of hydrogen-bond acceptors (Lipinski definition) is 5. The van der Waals surface area contributed by atoms with Crippen LogP contribution in [-0.2, 0) is 6.54 Å². The van der Waals surface area contributed by atoms with Crippen molar-refractivity contribution in [3.63, 3.8) is 0 Å². The zero-order chi connectivity index (χ0) is 18.9. The summed E-state index contributed by atoms with van der Waals surface area (Å²) >= 11 is 0. The number of carbonyl (C=O) groups is 1. The van der Waals surface area contributed by atoms with E-state index in [-0.39, 0.29) is 6.03 Å². The smallest absolute Gasteiger partial charge is 0.320 e. The van der Waals surface area contributed by atoms with Crippen LogP contribution in [0.4, 0.5) is 10.6 Å². The third-order valence-electron chi connectivity index (χ3n) is 4.99. The van der Waals surface area contributed by atoms with Crippen molar-refractivity contribution in [1.82, 2.24) is 30.0 Å². The number of carbonyl (C=O) groups excluding carboxylic acids is 1. The van der Waals surface area contributed by atoms with E-state index in [4.69, 9.17) is 0 Å². The second-order valence-corrected chi connectivity index (χ2v) is 7.17. The van der Waals surface area contributed by atoms with Gasteiger partial charge in [-0.1, -0.05) is 19.8 Å². The third kappa shape index (κ3) is 5.63. The lowest BCUT2D eigenvalue weighted by atomic mass is 10.2. The Morgan fingerprint density at radius 1 is 1.11 bits per heavy atom. The summed E-state index contributed by atoms with van der Waals surface area (Å²) in [7, 11) is 0. The van der Waals surface area contributed by atoms with Crippen LogP contribution in [0.25, 0.3) is 11.0 Å². The highest BCUT2D eigenvalue weighted by Crippen LogP contribution is 2.19. The van der Waals surface area contributed by atoms with Crippen molar-refractivity contribution in [2.24, 2.45) is 0 Å². The minimum atomic E-state index is -0.248. The van der Waals surface area contributed by atoms with Crippen molar-refractivity contribution in [1.29, 1.82) is 0 Å². The topological polar surface area (TPSA) is 88.0 Å². The van der Waals surface area contributed by atoms with E-state index in [2.05, 4.69) is 30.6 Å². The highest BCUT2D eigenvalue weighted by Gasteiger charge is 2.12. The minimum Gasteiger partial charge on any atom is -0.338 e. The fourth-order valence-corrected chi connectivity index (χ4v) is 3.50. The number of anilines is 1. The number of hydrogen-bond donors (Lipinski definition) is 2. The second-order valence-electron chi connectivity index (χ2n) is 7.17. The molecule has 148 valence electrons. The molecule has 27 heavy (non-hydrogen) atoms. The maximum Gasteiger partial charge on any atom is 0.320 e. The number of fused-ring (bicyclic) bond motifs is 1.